The number of ether oxygens (including phenoxy) is 2. The molecule has 1 amide bonds. The average molecular weight is 329 g/mol. The van der Waals surface area contributed by atoms with Gasteiger partial charge in [0.15, 0.2) is 0 Å². The molecule has 1 aliphatic heterocycles. The molecule has 0 spiro atoms. The largest absolute Gasteiger partial charge is 0.381 e. The molecule has 3 atom stereocenters. The number of hydrogen-bond donors (Lipinski definition) is 0. The molecule has 0 radical (unpaired) electrons. The number of carbonyl (C=O) groups excluding carboxylic acids is 1. The molecule has 0 bridgehead atoms. The lowest BCUT2D eigenvalue weighted by atomic mass is 9.93. The van der Waals surface area contributed by atoms with Crippen LogP contribution in [0.25, 0.3) is 5.65 Å². The lowest BCUT2D eigenvalue weighted by molar-refractivity contribution is -0.0460. The van der Waals surface area contributed by atoms with Crippen molar-refractivity contribution in [2.24, 2.45) is 5.92 Å². The number of amides is 1. The Bertz CT molecular complexity index is 729. The van der Waals surface area contributed by atoms with Crippen LogP contribution in [0, 0.1) is 5.92 Å². The van der Waals surface area contributed by atoms with Crippen LogP contribution >= 0.6 is 0 Å². The SMILES string of the molecule is CO[C@@H]1CCC[C@@H]1[C@H]1COCCN1C(=O)c1ccc2nccn2c1. The van der Waals surface area contributed by atoms with Crippen molar-refractivity contribution in [2.45, 2.75) is 31.4 Å². The standard InChI is InChI=1S/C18H23N3O3/c1-23-16-4-2-3-14(16)15-12-24-10-9-21(15)18(22)13-5-6-17-19-7-8-20(17)11-13/h5-8,11,14-16H,2-4,9-10,12H2,1H3/t14-,15-,16-/m1/s1. The van der Waals surface area contributed by atoms with Crippen molar-refractivity contribution in [2.75, 3.05) is 26.9 Å². The zero-order valence-corrected chi connectivity index (χ0v) is 13.9. The fraction of sp³-hybridized carbons (Fsp3) is 0.556. The van der Waals surface area contributed by atoms with Gasteiger partial charge in [0.05, 0.1) is 30.9 Å². The van der Waals surface area contributed by atoms with Crippen LogP contribution in [0.4, 0.5) is 0 Å². The van der Waals surface area contributed by atoms with Crippen molar-refractivity contribution in [3.63, 3.8) is 0 Å². The number of aromatic nitrogens is 2. The molecule has 4 rings (SSSR count). The highest BCUT2D eigenvalue weighted by molar-refractivity contribution is 5.94. The van der Waals surface area contributed by atoms with Crippen molar-refractivity contribution < 1.29 is 14.3 Å². The van der Waals surface area contributed by atoms with E-state index in [-0.39, 0.29) is 18.1 Å². The molecule has 1 aliphatic carbocycles. The molecule has 3 heterocycles. The number of fused-ring (bicyclic) bond motifs is 1. The van der Waals surface area contributed by atoms with Gasteiger partial charge in [0, 0.05) is 38.2 Å². The predicted octanol–water partition coefficient (Wildman–Crippen LogP) is 1.99. The Morgan fingerprint density at radius 1 is 1.38 bits per heavy atom. The molecule has 0 unspecified atom stereocenters. The smallest absolute Gasteiger partial charge is 0.255 e. The first kappa shape index (κ1) is 15.6. The van der Waals surface area contributed by atoms with Crippen LogP contribution in [-0.2, 0) is 9.47 Å². The van der Waals surface area contributed by atoms with Crippen molar-refractivity contribution in [3.05, 3.63) is 36.3 Å². The zero-order chi connectivity index (χ0) is 16.5. The number of carbonyl (C=O) groups is 1. The highest BCUT2D eigenvalue weighted by atomic mass is 16.5. The second-order valence-electron chi connectivity index (χ2n) is 6.62. The summed E-state index contributed by atoms with van der Waals surface area (Å²) in [6.45, 7) is 1.84. The van der Waals surface area contributed by atoms with E-state index < -0.39 is 0 Å². The molecule has 2 fully saturated rings. The third-order valence-corrected chi connectivity index (χ3v) is 5.36. The first-order valence-electron chi connectivity index (χ1n) is 8.62. The maximum Gasteiger partial charge on any atom is 0.255 e. The van der Waals surface area contributed by atoms with Gasteiger partial charge in [-0.05, 0) is 25.0 Å². The zero-order valence-electron chi connectivity index (χ0n) is 13.9. The molecule has 6 heteroatoms. The Morgan fingerprint density at radius 3 is 3.17 bits per heavy atom. The minimum atomic E-state index is 0.0700. The lowest BCUT2D eigenvalue weighted by Gasteiger charge is -2.40. The summed E-state index contributed by atoms with van der Waals surface area (Å²) in [6, 6.07) is 3.84. The molecule has 24 heavy (non-hydrogen) atoms. The normalized spacial score (nSPS) is 27.7. The van der Waals surface area contributed by atoms with E-state index in [0.29, 0.717) is 31.2 Å². The van der Waals surface area contributed by atoms with E-state index in [4.69, 9.17) is 9.47 Å². The molecule has 1 saturated carbocycles. The van der Waals surface area contributed by atoms with E-state index in [0.717, 1.165) is 24.9 Å². The van der Waals surface area contributed by atoms with Gasteiger partial charge in [-0.2, -0.15) is 0 Å². The van der Waals surface area contributed by atoms with Gasteiger partial charge in [0.2, 0.25) is 0 Å². The molecule has 6 nitrogen and oxygen atoms in total. The Kier molecular flexibility index (Phi) is 4.24. The Balaban J connectivity index is 1.60. The first-order chi connectivity index (χ1) is 11.8. The molecular weight excluding hydrogens is 306 g/mol. The van der Waals surface area contributed by atoms with Gasteiger partial charge in [-0.3, -0.25) is 4.79 Å². The summed E-state index contributed by atoms with van der Waals surface area (Å²) in [5.41, 5.74) is 1.54. The minimum absolute atomic E-state index is 0.0700. The van der Waals surface area contributed by atoms with Gasteiger partial charge in [0.1, 0.15) is 5.65 Å². The summed E-state index contributed by atoms with van der Waals surface area (Å²) in [5.74, 6) is 0.428. The highest BCUT2D eigenvalue weighted by Gasteiger charge is 2.40. The fourth-order valence-electron chi connectivity index (χ4n) is 4.13. The summed E-state index contributed by atoms with van der Waals surface area (Å²) < 4.78 is 13.2. The molecule has 2 aromatic rings. The fourth-order valence-corrected chi connectivity index (χ4v) is 4.13. The van der Waals surface area contributed by atoms with Gasteiger partial charge in [-0.25, -0.2) is 4.98 Å². The number of nitrogens with zero attached hydrogens (tertiary/aromatic N) is 3. The topological polar surface area (TPSA) is 56.1 Å². The summed E-state index contributed by atoms with van der Waals surface area (Å²) in [6.07, 6.45) is 9.01. The molecule has 1 saturated heterocycles. The monoisotopic (exact) mass is 329 g/mol. The van der Waals surface area contributed by atoms with Crippen molar-refractivity contribution in [1.29, 1.82) is 0 Å². The molecule has 0 N–H and O–H groups in total. The van der Waals surface area contributed by atoms with Gasteiger partial charge < -0.3 is 18.8 Å². The van der Waals surface area contributed by atoms with Crippen molar-refractivity contribution in [3.8, 4) is 0 Å². The highest BCUT2D eigenvalue weighted by Crippen LogP contribution is 2.34. The number of hydrogen-bond acceptors (Lipinski definition) is 4. The van der Waals surface area contributed by atoms with Crippen LogP contribution in [0.2, 0.25) is 0 Å². The van der Waals surface area contributed by atoms with Crippen molar-refractivity contribution in [1.82, 2.24) is 14.3 Å². The lowest BCUT2D eigenvalue weighted by Crippen LogP contribution is -2.53. The minimum Gasteiger partial charge on any atom is -0.381 e. The molecule has 2 aromatic heterocycles. The van der Waals surface area contributed by atoms with E-state index in [1.165, 1.54) is 0 Å². The average Bonchev–Trinajstić information content (AvgIpc) is 3.29. The Labute approximate surface area is 141 Å². The second-order valence-corrected chi connectivity index (χ2v) is 6.62. The van der Waals surface area contributed by atoms with E-state index >= 15 is 0 Å². The van der Waals surface area contributed by atoms with Crippen LogP contribution in [0.1, 0.15) is 29.6 Å². The summed E-state index contributed by atoms with van der Waals surface area (Å²) in [4.78, 5) is 19.3. The van der Waals surface area contributed by atoms with E-state index in [1.807, 2.05) is 33.8 Å². The van der Waals surface area contributed by atoms with E-state index in [2.05, 4.69) is 4.98 Å². The predicted molar refractivity (Wildman–Crippen MR) is 89.0 cm³/mol. The molecular formula is C18H23N3O3. The van der Waals surface area contributed by atoms with Gasteiger partial charge in [-0.1, -0.05) is 6.42 Å². The maximum atomic E-state index is 13.1. The number of rotatable bonds is 3. The van der Waals surface area contributed by atoms with Crippen LogP contribution in [0.5, 0.6) is 0 Å². The summed E-state index contributed by atoms with van der Waals surface area (Å²) in [5, 5.41) is 0. The van der Waals surface area contributed by atoms with Crippen molar-refractivity contribution >= 4 is 11.6 Å². The van der Waals surface area contributed by atoms with Crippen LogP contribution in [-0.4, -0.2) is 59.2 Å². The Hall–Kier alpha value is -1.92. The third-order valence-electron chi connectivity index (χ3n) is 5.36. The van der Waals surface area contributed by atoms with Gasteiger partial charge in [-0.15, -0.1) is 0 Å². The number of methoxy groups -OCH3 is 1. The maximum absolute atomic E-state index is 13.1. The Morgan fingerprint density at radius 2 is 2.29 bits per heavy atom. The quantitative estimate of drug-likeness (QED) is 0.864. The number of morpholine rings is 1. The van der Waals surface area contributed by atoms with E-state index in [1.54, 1.807) is 13.3 Å². The molecule has 128 valence electrons. The van der Waals surface area contributed by atoms with Gasteiger partial charge >= 0.3 is 0 Å². The van der Waals surface area contributed by atoms with Crippen LogP contribution in [0.15, 0.2) is 30.7 Å². The molecule has 0 aromatic carbocycles. The van der Waals surface area contributed by atoms with Crippen LogP contribution < -0.4 is 0 Å². The number of pyridine rings is 1. The first-order valence-corrected chi connectivity index (χ1v) is 8.62. The molecule has 2 aliphatic rings. The number of imidazole rings is 1. The van der Waals surface area contributed by atoms with Crippen LogP contribution in [0.3, 0.4) is 0 Å². The van der Waals surface area contributed by atoms with E-state index in [9.17, 15) is 4.79 Å². The third kappa shape index (κ3) is 2.70. The second kappa shape index (κ2) is 6.53. The van der Waals surface area contributed by atoms with Gasteiger partial charge in [0.25, 0.3) is 5.91 Å². The summed E-state index contributed by atoms with van der Waals surface area (Å²) >= 11 is 0. The summed E-state index contributed by atoms with van der Waals surface area (Å²) in [7, 11) is 1.77.